The molecule has 138 valence electrons. The van der Waals surface area contributed by atoms with Gasteiger partial charge in [0.05, 0.1) is 13.2 Å². The first kappa shape index (κ1) is 18.3. The largest absolute Gasteiger partial charge is 0.490 e. The zero-order chi connectivity index (χ0) is 18.5. The third-order valence-electron chi connectivity index (χ3n) is 3.97. The number of aromatic nitrogens is 1. The molecule has 0 atom stereocenters. The van der Waals surface area contributed by atoms with Crippen LogP contribution in [0.2, 0.25) is 0 Å². The van der Waals surface area contributed by atoms with Crippen LogP contribution in [-0.2, 0) is 18.3 Å². The zero-order valence-corrected chi connectivity index (χ0v) is 16.0. The molecule has 2 heterocycles. The average molecular weight is 422 g/mol. The van der Waals surface area contributed by atoms with Crippen LogP contribution in [0.4, 0.5) is 0 Å². The first-order chi connectivity index (χ1) is 12.5. The van der Waals surface area contributed by atoms with Crippen LogP contribution in [0.15, 0.2) is 34.9 Å². The van der Waals surface area contributed by atoms with Gasteiger partial charge in [-0.1, -0.05) is 6.07 Å². The Bertz CT molecular complexity index is 819. The van der Waals surface area contributed by atoms with Crippen molar-refractivity contribution >= 4 is 27.7 Å². The van der Waals surface area contributed by atoms with Crippen LogP contribution in [0.1, 0.15) is 28.9 Å². The number of rotatable bonds is 4. The second-order valence-electron chi connectivity index (χ2n) is 5.99. The van der Waals surface area contributed by atoms with Gasteiger partial charge in [0.15, 0.2) is 11.5 Å². The number of halogens is 1. The summed E-state index contributed by atoms with van der Waals surface area (Å²) >= 11 is 3.31. The monoisotopic (exact) mass is 421 g/mol. The summed E-state index contributed by atoms with van der Waals surface area (Å²) in [4.78, 5) is 24.0. The number of carbonyl (C=O) groups excluding carboxylic acids is 2. The van der Waals surface area contributed by atoms with Gasteiger partial charge >= 0.3 is 0 Å². The van der Waals surface area contributed by atoms with E-state index >= 15 is 0 Å². The third kappa shape index (κ3) is 4.57. The molecule has 0 bridgehead atoms. The molecule has 1 aromatic carbocycles. The molecular weight excluding hydrogens is 402 g/mol. The number of ether oxygens (including phenoxy) is 2. The molecule has 1 aromatic heterocycles. The summed E-state index contributed by atoms with van der Waals surface area (Å²) in [6, 6.07) is 7.36. The number of hydrazine groups is 1. The number of amides is 2. The number of hydrogen-bond donors (Lipinski definition) is 2. The minimum absolute atomic E-state index is 0.247. The fraction of sp³-hybridized carbons (Fsp3) is 0.333. The van der Waals surface area contributed by atoms with Crippen molar-refractivity contribution in [3.8, 4) is 11.5 Å². The molecule has 0 spiro atoms. The van der Waals surface area contributed by atoms with Crippen LogP contribution >= 0.6 is 15.9 Å². The molecule has 8 heteroatoms. The van der Waals surface area contributed by atoms with Crippen LogP contribution in [0.3, 0.4) is 0 Å². The van der Waals surface area contributed by atoms with E-state index in [2.05, 4.69) is 26.8 Å². The Morgan fingerprint density at radius 2 is 1.92 bits per heavy atom. The lowest BCUT2D eigenvalue weighted by Gasteiger charge is -2.10. The van der Waals surface area contributed by atoms with E-state index in [9.17, 15) is 9.59 Å². The van der Waals surface area contributed by atoms with Crippen molar-refractivity contribution in [3.05, 3.63) is 46.2 Å². The van der Waals surface area contributed by atoms with E-state index in [0.29, 0.717) is 31.1 Å². The maximum absolute atomic E-state index is 12.1. The number of nitrogens with one attached hydrogen (secondary N) is 2. The summed E-state index contributed by atoms with van der Waals surface area (Å²) in [5.41, 5.74) is 6.28. The Hall–Kier alpha value is -2.48. The fourth-order valence-electron chi connectivity index (χ4n) is 2.62. The van der Waals surface area contributed by atoms with Gasteiger partial charge in [-0.3, -0.25) is 20.4 Å². The lowest BCUT2D eigenvalue weighted by atomic mass is 10.1. The lowest BCUT2D eigenvalue weighted by Crippen LogP contribution is -2.42. The number of nitrogens with zero attached hydrogens (tertiary/aromatic N) is 1. The highest BCUT2D eigenvalue weighted by molar-refractivity contribution is 9.10. The molecule has 7 nitrogen and oxygen atoms in total. The van der Waals surface area contributed by atoms with Crippen LogP contribution in [0, 0.1) is 0 Å². The molecule has 26 heavy (non-hydrogen) atoms. The van der Waals surface area contributed by atoms with Gasteiger partial charge in [-0.2, -0.15) is 0 Å². The predicted octanol–water partition coefficient (Wildman–Crippen LogP) is 2.34. The maximum Gasteiger partial charge on any atom is 0.286 e. The number of aryl methyl sites for hydroxylation is 2. The third-order valence-corrected chi connectivity index (χ3v) is 4.41. The molecule has 1 aliphatic rings. The lowest BCUT2D eigenvalue weighted by molar-refractivity contribution is -0.121. The summed E-state index contributed by atoms with van der Waals surface area (Å²) in [6.07, 6.45) is 3.40. The summed E-state index contributed by atoms with van der Waals surface area (Å²) in [6.45, 7) is 1.27. The number of carbonyl (C=O) groups is 2. The molecule has 0 radical (unpaired) electrons. The Balaban J connectivity index is 1.49. The summed E-state index contributed by atoms with van der Waals surface area (Å²) in [5, 5.41) is 0. The highest BCUT2D eigenvalue weighted by Gasteiger charge is 2.13. The normalized spacial score (nSPS) is 13.0. The van der Waals surface area contributed by atoms with Gasteiger partial charge in [-0.05, 0) is 46.1 Å². The fourth-order valence-corrected chi connectivity index (χ4v) is 3.15. The van der Waals surface area contributed by atoms with Crippen LogP contribution in [-0.4, -0.2) is 29.6 Å². The first-order valence-electron chi connectivity index (χ1n) is 8.32. The van der Waals surface area contributed by atoms with Crippen molar-refractivity contribution in [1.82, 2.24) is 15.4 Å². The highest BCUT2D eigenvalue weighted by atomic mass is 79.9. The van der Waals surface area contributed by atoms with E-state index in [1.807, 2.05) is 18.2 Å². The minimum atomic E-state index is -0.373. The summed E-state index contributed by atoms with van der Waals surface area (Å²) in [7, 11) is 1.76. The second-order valence-corrected chi connectivity index (χ2v) is 6.90. The number of benzene rings is 1. The Kier molecular flexibility index (Phi) is 5.82. The van der Waals surface area contributed by atoms with Gasteiger partial charge in [0.25, 0.3) is 5.91 Å². The van der Waals surface area contributed by atoms with E-state index in [4.69, 9.17) is 9.47 Å². The SMILES string of the molecule is Cn1cc(Br)cc1C(=O)NNC(=O)CCc1ccc2c(c1)OCCCO2. The van der Waals surface area contributed by atoms with Gasteiger partial charge in [0, 0.05) is 30.6 Å². The van der Waals surface area contributed by atoms with Crippen molar-refractivity contribution < 1.29 is 19.1 Å². The van der Waals surface area contributed by atoms with E-state index in [1.165, 1.54) is 0 Å². The smallest absolute Gasteiger partial charge is 0.286 e. The molecule has 2 aromatic rings. The quantitative estimate of drug-likeness (QED) is 0.742. The van der Waals surface area contributed by atoms with Crippen LogP contribution < -0.4 is 20.3 Å². The highest BCUT2D eigenvalue weighted by Crippen LogP contribution is 2.30. The average Bonchev–Trinajstić information content (AvgIpc) is 2.83. The van der Waals surface area contributed by atoms with Crippen molar-refractivity contribution in [3.63, 3.8) is 0 Å². The van der Waals surface area contributed by atoms with Crippen molar-refractivity contribution in [2.75, 3.05) is 13.2 Å². The molecule has 2 amide bonds. The van der Waals surface area contributed by atoms with Crippen molar-refractivity contribution in [2.24, 2.45) is 7.05 Å². The minimum Gasteiger partial charge on any atom is -0.490 e. The summed E-state index contributed by atoms with van der Waals surface area (Å²) in [5.74, 6) is 0.806. The van der Waals surface area contributed by atoms with E-state index in [0.717, 1.165) is 22.2 Å². The molecule has 0 saturated heterocycles. The number of hydrogen-bond acceptors (Lipinski definition) is 4. The number of fused-ring (bicyclic) bond motifs is 1. The Labute approximate surface area is 159 Å². The molecule has 1 aliphatic heterocycles. The molecule has 0 fully saturated rings. The molecule has 0 aliphatic carbocycles. The first-order valence-corrected chi connectivity index (χ1v) is 9.12. The Morgan fingerprint density at radius 1 is 1.15 bits per heavy atom. The standard InChI is InChI=1S/C18H20BrN3O4/c1-22-11-13(19)10-14(22)18(24)21-20-17(23)6-4-12-3-5-15-16(9-12)26-8-2-7-25-15/h3,5,9-11H,2,4,6-8H2,1H3,(H,20,23)(H,21,24). The van der Waals surface area contributed by atoms with Crippen LogP contribution in [0.25, 0.3) is 0 Å². The second kappa shape index (κ2) is 8.27. The van der Waals surface area contributed by atoms with Gasteiger partial charge in [-0.25, -0.2) is 0 Å². The topological polar surface area (TPSA) is 81.6 Å². The Morgan fingerprint density at radius 3 is 2.65 bits per heavy atom. The van der Waals surface area contributed by atoms with E-state index in [1.54, 1.807) is 23.9 Å². The van der Waals surface area contributed by atoms with Gasteiger partial charge < -0.3 is 14.0 Å². The maximum atomic E-state index is 12.1. The molecule has 2 N–H and O–H groups in total. The van der Waals surface area contributed by atoms with E-state index < -0.39 is 0 Å². The van der Waals surface area contributed by atoms with Gasteiger partial charge in [-0.15, -0.1) is 0 Å². The molecular formula is C18H20BrN3O4. The summed E-state index contributed by atoms with van der Waals surface area (Å²) < 4.78 is 13.7. The molecule has 0 unspecified atom stereocenters. The van der Waals surface area contributed by atoms with Gasteiger partial charge in [0.1, 0.15) is 5.69 Å². The van der Waals surface area contributed by atoms with Crippen molar-refractivity contribution in [1.29, 1.82) is 0 Å². The van der Waals surface area contributed by atoms with Crippen molar-refractivity contribution in [2.45, 2.75) is 19.3 Å². The van der Waals surface area contributed by atoms with Crippen LogP contribution in [0.5, 0.6) is 11.5 Å². The molecule has 3 rings (SSSR count). The molecule has 0 saturated carbocycles. The zero-order valence-electron chi connectivity index (χ0n) is 14.4. The predicted molar refractivity (Wildman–Crippen MR) is 99.1 cm³/mol. The van der Waals surface area contributed by atoms with E-state index in [-0.39, 0.29) is 18.2 Å². The van der Waals surface area contributed by atoms with Gasteiger partial charge in [0.2, 0.25) is 5.91 Å².